The highest BCUT2D eigenvalue weighted by atomic mass is 32.2. The summed E-state index contributed by atoms with van der Waals surface area (Å²) in [6.45, 7) is 11.2. The summed E-state index contributed by atoms with van der Waals surface area (Å²) in [6, 6.07) is 7.83. The maximum absolute atomic E-state index is 13.4. The first-order valence-electron chi connectivity index (χ1n) is 8.02. The molecule has 1 aromatic carbocycles. The number of benzene rings is 1. The molecule has 5 nitrogen and oxygen atoms in total. The Hall–Kier alpha value is -1.07. The Morgan fingerprint density at radius 1 is 1.25 bits per heavy atom. The van der Waals surface area contributed by atoms with Gasteiger partial charge in [-0.15, -0.1) is 6.58 Å². The lowest BCUT2D eigenvalue weighted by molar-refractivity contribution is 0.141. The molecule has 0 radical (unpaired) electrons. The number of rotatable bonds is 9. The third-order valence-electron chi connectivity index (χ3n) is 3.09. The Kier molecular flexibility index (Phi) is 6.70. The van der Waals surface area contributed by atoms with Crippen LogP contribution >= 0.6 is 19.5 Å². The Labute approximate surface area is 148 Å². The van der Waals surface area contributed by atoms with E-state index in [1.165, 1.54) is 11.9 Å². The number of allylic oxidation sites excluding steroid dienone is 1. The van der Waals surface area contributed by atoms with Gasteiger partial charge in [-0.1, -0.05) is 18.2 Å². The fourth-order valence-corrected chi connectivity index (χ4v) is 6.09. The largest absolute Gasteiger partial charge is 0.346 e. The van der Waals surface area contributed by atoms with Gasteiger partial charge in [-0.3, -0.25) is 8.54 Å². The lowest BCUT2D eigenvalue weighted by Gasteiger charge is -2.28. The van der Waals surface area contributed by atoms with Gasteiger partial charge in [0.15, 0.2) is 0 Å². The predicted octanol–water partition coefficient (Wildman–Crippen LogP) is 5.48. The van der Waals surface area contributed by atoms with E-state index in [-0.39, 0.29) is 12.2 Å². The second-order valence-electron chi connectivity index (χ2n) is 5.99. The molecule has 0 fully saturated rings. The van der Waals surface area contributed by atoms with Crippen LogP contribution in [0.3, 0.4) is 0 Å². The molecule has 0 spiro atoms. The molecule has 1 unspecified atom stereocenters. The summed E-state index contributed by atoms with van der Waals surface area (Å²) in [7, 11) is -3.33. The van der Waals surface area contributed by atoms with Crippen molar-refractivity contribution in [2.45, 2.75) is 51.3 Å². The quantitative estimate of drug-likeness (QED) is 0.433. The fourth-order valence-electron chi connectivity index (χ4n) is 2.27. The molecule has 0 bridgehead atoms. The molecule has 1 aromatic heterocycles. The van der Waals surface area contributed by atoms with Crippen molar-refractivity contribution in [2.24, 2.45) is 0 Å². The minimum Gasteiger partial charge on any atom is -0.305 e. The van der Waals surface area contributed by atoms with Crippen molar-refractivity contribution in [3.8, 4) is 0 Å². The zero-order chi connectivity index (χ0) is 17.7. The number of para-hydroxylation sites is 2. The molecule has 0 aliphatic carbocycles. The van der Waals surface area contributed by atoms with Crippen molar-refractivity contribution in [1.82, 2.24) is 8.96 Å². The van der Waals surface area contributed by atoms with E-state index in [0.29, 0.717) is 6.42 Å². The number of imidazole rings is 1. The number of aromatic nitrogens is 2. The monoisotopic (exact) mass is 368 g/mol. The molecule has 1 atom stereocenters. The number of fused-ring (bicyclic) bond motifs is 1. The summed E-state index contributed by atoms with van der Waals surface area (Å²) < 4.78 is 26.9. The van der Waals surface area contributed by atoms with E-state index in [1.54, 1.807) is 12.4 Å². The molecular formula is C17H25N2O3PS. The van der Waals surface area contributed by atoms with Crippen LogP contribution in [0.25, 0.3) is 11.0 Å². The predicted molar refractivity (Wildman–Crippen MR) is 101 cm³/mol. The zero-order valence-electron chi connectivity index (χ0n) is 14.6. The van der Waals surface area contributed by atoms with Gasteiger partial charge in [-0.05, 0) is 58.2 Å². The fraction of sp³-hybridized carbons (Fsp3) is 0.471. The van der Waals surface area contributed by atoms with Gasteiger partial charge >= 0.3 is 7.60 Å². The van der Waals surface area contributed by atoms with Gasteiger partial charge in [0, 0.05) is 0 Å². The van der Waals surface area contributed by atoms with Gasteiger partial charge in [0.05, 0.1) is 23.2 Å². The van der Waals surface area contributed by atoms with E-state index in [1.807, 2.05) is 55.9 Å². The summed E-state index contributed by atoms with van der Waals surface area (Å²) in [5, 5.41) is 0. The second-order valence-corrected chi connectivity index (χ2v) is 9.64. The third-order valence-corrected chi connectivity index (χ3v) is 7.45. The molecule has 2 rings (SSSR count). The van der Waals surface area contributed by atoms with E-state index < -0.39 is 12.6 Å². The van der Waals surface area contributed by atoms with Crippen LogP contribution < -0.4 is 0 Å². The van der Waals surface area contributed by atoms with E-state index in [4.69, 9.17) is 9.05 Å². The van der Waals surface area contributed by atoms with E-state index in [2.05, 4.69) is 11.6 Å². The average Bonchev–Trinajstić information content (AvgIpc) is 2.88. The SMILES string of the molecule is C=CCC(Sn1cnc2ccccc21)P(=O)(OC(C)C)OC(C)C. The van der Waals surface area contributed by atoms with Gasteiger partial charge in [0.1, 0.15) is 11.3 Å². The van der Waals surface area contributed by atoms with Crippen LogP contribution in [0, 0.1) is 0 Å². The highest BCUT2D eigenvalue weighted by molar-refractivity contribution is 8.04. The van der Waals surface area contributed by atoms with Crippen LogP contribution in [0.2, 0.25) is 0 Å². The molecule has 7 heteroatoms. The molecule has 0 amide bonds. The molecule has 0 N–H and O–H groups in total. The van der Waals surface area contributed by atoms with Crippen LogP contribution in [-0.4, -0.2) is 26.2 Å². The Balaban J connectivity index is 2.35. The highest BCUT2D eigenvalue weighted by Gasteiger charge is 2.38. The molecular weight excluding hydrogens is 343 g/mol. The zero-order valence-corrected chi connectivity index (χ0v) is 16.3. The molecule has 0 aliphatic heterocycles. The van der Waals surface area contributed by atoms with Gasteiger partial charge in [-0.25, -0.2) is 4.98 Å². The maximum atomic E-state index is 13.4. The average molecular weight is 368 g/mol. The minimum absolute atomic E-state index is 0.193. The topological polar surface area (TPSA) is 53.4 Å². The van der Waals surface area contributed by atoms with Gasteiger partial charge in [-0.2, -0.15) is 0 Å². The number of hydrogen-bond acceptors (Lipinski definition) is 5. The standard InChI is InChI=1S/C17H25N2O3PS/c1-6-9-17(23(20,21-13(2)3)22-14(4)5)24-19-12-18-15-10-7-8-11-16(15)19/h6-8,10-14,17H,1,9H2,2-5H3. The van der Waals surface area contributed by atoms with E-state index in [9.17, 15) is 4.57 Å². The van der Waals surface area contributed by atoms with Crippen LogP contribution in [0.5, 0.6) is 0 Å². The first-order chi connectivity index (χ1) is 11.4. The van der Waals surface area contributed by atoms with Crippen molar-refractivity contribution < 1.29 is 13.6 Å². The minimum atomic E-state index is -3.33. The van der Waals surface area contributed by atoms with Gasteiger partial charge in [0.2, 0.25) is 0 Å². The van der Waals surface area contributed by atoms with Crippen molar-refractivity contribution >= 4 is 30.6 Å². The molecule has 0 aliphatic rings. The second kappa shape index (κ2) is 8.34. The normalized spacial score (nSPS) is 13.8. The summed E-state index contributed by atoms with van der Waals surface area (Å²) in [5.74, 6) is 0. The van der Waals surface area contributed by atoms with Gasteiger partial charge in [0.25, 0.3) is 0 Å². The lowest BCUT2D eigenvalue weighted by Crippen LogP contribution is -2.17. The number of hydrogen-bond donors (Lipinski definition) is 0. The van der Waals surface area contributed by atoms with Crippen LogP contribution in [-0.2, 0) is 13.6 Å². The first-order valence-corrected chi connectivity index (χ1v) is 10.5. The van der Waals surface area contributed by atoms with E-state index in [0.717, 1.165) is 11.0 Å². The van der Waals surface area contributed by atoms with E-state index >= 15 is 0 Å². The molecule has 0 saturated carbocycles. The summed E-state index contributed by atoms with van der Waals surface area (Å²) in [6.07, 6.45) is 3.61. The summed E-state index contributed by atoms with van der Waals surface area (Å²) in [4.78, 5) is 3.99. The van der Waals surface area contributed by atoms with Gasteiger partial charge < -0.3 is 9.05 Å². The molecule has 132 valence electrons. The van der Waals surface area contributed by atoms with Crippen molar-refractivity contribution in [1.29, 1.82) is 0 Å². The lowest BCUT2D eigenvalue weighted by atomic mass is 10.3. The summed E-state index contributed by atoms with van der Waals surface area (Å²) in [5.41, 5.74) is 1.86. The van der Waals surface area contributed by atoms with Crippen molar-refractivity contribution in [3.63, 3.8) is 0 Å². The van der Waals surface area contributed by atoms with Crippen LogP contribution in [0.1, 0.15) is 34.1 Å². The maximum Gasteiger partial charge on any atom is 0.346 e. The third kappa shape index (κ3) is 4.73. The molecule has 1 heterocycles. The van der Waals surface area contributed by atoms with Crippen molar-refractivity contribution in [3.05, 3.63) is 43.2 Å². The van der Waals surface area contributed by atoms with Crippen molar-refractivity contribution in [2.75, 3.05) is 0 Å². The molecule has 24 heavy (non-hydrogen) atoms. The molecule has 2 aromatic rings. The van der Waals surface area contributed by atoms with Crippen LogP contribution in [0.4, 0.5) is 0 Å². The Morgan fingerprint density at radius 3 is 2.46 bits per heavy atom. The smallest absolute Gasteiger partial charge is 0.305 e. The summed E-state index contributed by atoms with van der Waals surface area (Å²) >= 11 is 1.41. The Bertz CT molecular complexity index is 715. The Morgan fingerprint density at radius 2 is 1.88 bits per heavy atom. The van der Waals surface area contributed by atoms with Crippen LogP contribution in [0.15, 0.2) is 43.2 Å². The first kappa shape index (κ1) is 19.3. The molecule has 0 saturated heterocycles. The number of nitrogens with zero attached hydrogens (tertiary/aromatic N) is 2. The highest BCUT2D eigenvalue weighted by Crippen LogP contribution is 2.60.